The molecule has 13 atom stereocenters. The van der Waals surface area contributed by atoms with Crippen molar-refractivity contribution in [2.24, 2.45) is 11.8 Å². The SMILES string of the molecule is CCOC(=O)[C@H](CCc1ccccc1)N[C@@H](C)C(=O)N1Cc2ccccc2C[C@H]1C(=O)O.CCOC(=O)[C@H](CCc1ccccc1)N[C@@H](C)C(=O)N1[C@H](C(=O)O)C[C@@H]2CCC[C@@H]21.CCOC(=O)[C@H](CCc1ccccc1)N[C@@H](C)C(=O)N1[C@H](C(=O)O)C[C@H]2CCCC[C@@H]21. The van der Waals surface area contributed by atoms with Crippen LogP contribution in [-0.4, -0.2) is 170 Å². The third kappa shape index (κ3) is 20.0. The van der Waals surface area contributed by atoms with Gasteiger partial charge in [-0.25, -0.2) is 14.4 Å². The Morgan fingerprint density at radius 1 is 0.441 bits per heavy atom. The Labute approximate surface area is 546 Å². The monoisotopic (exact) mass is 1280 g/mol. The number of esters is 3. The normalized spacial score (nSPS) is 22.2. The first-order valence-corrected chi connectivity index (χ1v) is 33.3. The molecule has 504 valence electrons. The summed E-state index contributed by atoms with van der Waals surface area (Å²) in [6.07, 6.45) is 11.5. The summed E-state index contributed by atoms with van der Waals surface area (Å²) >= 11 is 0. The van der Waals surface area contributed by atoms with Crippen molar-refractivity contribution >= 4 is 53.5 Å². The number of rotatable bonds is 27. The zero-order valence-corrected chi connectivity index (χ0v) is 54.7. The van der Waals surface area contributed by atoms with Gasteiger partial charge in [0.15, 0.2) is 0 Å². The van der Waals surface area contributed by atoms with Crippen LogP contribution >= 0.6 is 0 Å². The lowest BCUT2D eigenvalue weighted by Crippen LogP contribution is -2.56. The quantitative estimate of drug-likeness (QED) is 0.0246. The number of carbonyl (C=O) groups is 9. The van der Waals surface area contributed by atoms with E-state index in [4.69, 9.17) is 14.2 Å². The van der Waals surface area contributed by atoms with E-state index >= 15 is 0 Å². The molecule has 93 heavy (non-hydrogen) atoms. The van der Waals surface area contributed by atoms with Crippen LogP contribution in [0, 0.1) is 11.8 Å². The maximum atomic E-state index is 13.4. The van der Waals surface area contributed by atoms with Gasteiger partial charge in [0.2, 0.25) is 17.7 Å². The summed E-state index contributed by atoms with van der Waals surface area (Å²) < 4.78 is 15.6. The molecule has 4 fully saturated rings. The molecule has 0 radical (unpaired) electrons. The molecule has 3 aliphatic heterocycles. The first-order chi connectivity index (χ1) is 44.7. The molecule has 0 aromatic heterocycles. The van der Waals surface area contributed by atoms with Crippen molar-refractivity contribution in [3.63, 3.8) is 0 Å². The van der Waals surface area contributed by atoms with Crippen molar-refractivity contribution < 1.29 is 72.7 Å². The number of carboxylic acid groups (broad SMARTS) is 3. The second kappa shape index (κ2) is 35.9. The van der Waals surface area contributed by atoms with Gasteiger partial charge in [0.1, 0.15) is 36.3 Å². The van der Waals surface area contributed by atoms with Gasteiger partial charge in [-0.1, -0.05) is 135 Å². The summed E-state index contributed by atoms with van der Waals surface area (Å²) in [4.78, 5) is 117. The van der Waals surface area contributed by atoms with Crippen LogP contribution < -0.4 is 16.0 Å². The largest absolute Gasteiger partial charge is 0.480 e. The Morgan fingerprint density at radius 3 is 1.15 bits per heavy atom. The summed E-state index contributed by atoms with van der Waals surface area (Å²) in [5.74, 6) is -4.42. The van der Waals surface area contributed by atoms with Gasteiger partial charge in [-0.15, -0.1) is 0 Å². The van der Waals surface area contributed by atoms with Gasteiger partial charge in [0.05, 0.1) is 37.9 Å². The number of nitrogens with one attached hydrogen (secondary N) is 3. The molecule has 3 amide bonds. The molecular formula is C72H96N6O15. The Kier molecular flexibility index (Phi) is 27.9. The third-order valence-corrected chi connectivity index (χ3v) is 18.7. The molecule has 4 aromatic rings. The van der Waals surface area contributed by atoms with Crippen LogP contribution in [0.1, 0.15) is 146 Å². The van der Waals surface area contributed by atoms with Crippen LogP contribution in [0.2, 0.25) is 0 Å². The molecule has 0 spiro atoms. The van der Waals surface area contributed by atoms with E-state index in [1.807, 2.05) is 115 Å². The number of carboxylic acids is 3. The fourth-order valence-electron chi connectivity index (χ4n) is 14.0. The Morgan fingerprint density at radius 2 is 0.774 bits per heavy atom. The van der Waals surface area contributed by atoms with E-state index in [2.05, 4.69) is 16.0 Å². The van der Waals surface area contributed by atoms with Crippen LogP contribution in [0.4, 0.5) is 0 Å². The number of ether oxygens (including phenoxy) is 3. The maximum absolute atomic E-state index is 13.4. The highest BCUT2D eigenvalue weighted by molar-refractivity contribution is 5.90. The number of hydrogen-bond acceptors (Lipinski definition) is 15. The number of amides is 3. The van der Waals surface area contributed by atoms with Gasteiger partial charge in [-0.05, 0) is 158 Å². The molecule has 4 aromatic carbocycles. The standard InChI is InChI=1S/C25H30N2O5.C24H34N2O5.C23H32N2O5/c1-3-32-25(31)21(14-13-18-9-5-4-6-10-18)26-17(2)23(28)27-16-20-12-8-7-11-19(20)15-22(27)24(29)30;1-3-31-24(30)19(14-13-17-9-5-4-6-10-17)25-16(2)22(27)26-20-12-8-7-11-18(20)15-21(26)23(28)29;1-3-30-23(29)18(13-12-16-8-5-4-6-9-16)24-15(2)21(26)25-19-11-7-10-17(19)14-20(25)22(27)28/h4-12,17,21-22,26H,3,13-16H2,1-2H3,(H,29,30);4-6,9-10,16,18-21,25H,3,7-8,11-15H2,1-2H3,(H,28,29);4-6,8-9,15,17-20,24H,3,7,10-14H2,1-2H3,(H,27,28)/t17-,21-,22-;16-,18+,19-,20-,21-;15-,17-,18-,19-,20-/m000/s1. The molecule has 2 saturated carbocycles. The minimum Gasteiger partial charge on any atom is -0.480 e. The first kappa shape index (κ1) is 72.4. The summed E-state index contributed by atoms with van der Waals surface area (Å²) in [6.45, 7) is 11.3. The van der Waals surface area contributed by atoms with Crippen molar-refractivity contribution in [3.05, 3.63) is 143 Å². The Balaban J connectivity index is 0.000000198. The summed E-state index contributed by atoms with van der Waals surface area (Å²) in [5.41, 5.74) is 5.18. The van der Waals surface area contributed by atoms with Crippen molar-refractivity contribution in [3.8, 4) is 0 Å². The van der Waals surface area contributed by atoms with E-state index in [9.17, 15) is 58.5 Å². The lowest BCUT2D eigenvalue weighted by molar-refractivity contribution is -0.153. The number of hydrogen-bond donors (Lipinski definition) is 6. The molecule has 2 saturated heterocycles. The second-order valence-corrected chi connectivity index (χ2v) is 25.0. The topological polar surface area (TPSA) is 288 Å². The maximum Gasteiger partial charge on any atom is 0.326 e. The average molecular weight is 1290 g/mol. The number of likely N-dealkylation sites (tertiary alicyclic amines) is 2. The zero-order valence-electron chi connectivity index (χ0n) is 54.7. The van der Waals surface area contributed by atoms with Crippen LogP contribution in [-0.2, 0) is 89.6 Å². The molecule has 2 aliphatic carbocycles. The van der Waals surface area contributed by atoms with Gasteiger partial charge in [-0.3, -0.25) is 44.7 Å². The molecule has 21 heteroatoms. The number of fused-ring (bicyclic) bond motifs is 3. The van der Waals surface area contributed by atoms with E-state index in [-0.39, 0.29) is 86.4 Å². The minimum absolute atomic E-state index is 0.00629. The van der Waals surface area contributed by atoms with E-state index in [1.165, 1.54) is 4.90 Å². The van der Waals surface area contributed by atoms with Crippen molar-refractivity contribution in [2.75, 3.05) is 19.8 Å². The van der Waals surface area contributed by atoms with E-state index in [0.717, 1.165) is 72.8 Å². The van der Waals surface area contributed by atoms with Crippen LogP contribution in [0.25, 0.3) is 0 Å². The molecule has 3 heterocycles. The molecule has 9 rings (SSSR count). The smallest absolute Gasteiger partial charge is 0.326 e. The number of aliphatic carboxylic acids is 3. The van der Waals surface area contributed by atoms with Gasteiger partial charge in [-0.2, -0.15) is 0 Å². The second-order valence-electron chi connectivity index (χ2n) is 25.0. The fourth-order valence-corrected chi connectivity index (χ4v) is 14.0. The summed E-state index contributed by atoms with van der Waals surface area (Å²) in [6, 6.07) is 30.5. The lowest BCUT2D eigenvalue weighted by atomic mass is 9.84. The highest BCUT2D eigenvalue weighted by atomic mass is 16.5. The van der Waals surface area contributed by atoms with E-state index in [0.29, 0.717) is 51.4 Å². The summed E-state index contributed by atoms with van der Waals surface area (Å²) in [5, 5.41) is 38.4. The van der Waals surface area contributed by atoms with Crippen LogP contribution in [0.5, 0.6) is 0 Å². The van der Waals surface area contributed by atoms with Gasteiger partial charge < -0.3 is 44.2 Å². The predicted octanol–water partition coefficient (Wildman–Crippen LogP) is 7.72. The van der Waals surface area contributed by atoms with Gasteiger partial charge in [0.25, 0.3) is 0 Å². The molecule has 0 bridgehead atoms. The Bertz CT molecular complexity index is 3120. The Hall–Kier alpha value is -8.01. The molecule has 5 aliphatic rings. The lowest BCUT2D eigenvalue weighted by Gasteiger charge is -2.36. The van der Waals surface area contributed by atoms with Crippen LogP contribution in [0.15, 0.2) is 115 Å². The van der Waals surface area contributed by atoms with Gasteiger partial charge >= 0.3 is 35.8 Å². The van der Waals surface area contributed by atoms with Crippen molar-refractivity contribution in [2.45, 2.75) is 217 Å². The predicted molar refractivity (Wildman–Crippen MR) is 348 cm³/mol. The summed E-state index contributed by atoms with van der Waals surface area (Å²) in [7, 11) is 0. The van der Waals surface area contributed by atoms with Gasteiger partial charge in [0, 0.05) is 25.0 Å². The highest BCUT2D eigenvalue weighted by Crippen LogP contribution is 2.42. The minimum atomic E-state index is -1.04. The fraction of sp³-hybridized carbons (Fsp3) is 0.542. The molecule has 0 unspecified atom stereocenters. The van der Waals surface area contributed by atoms with Crippen molar-refractivity contribution in [1.82, 2.24) is 30.7 Å². The van der Waals surface area contributed by atoms with E-state index < -0.39 is 78.3 Å². The van der Waals surface area contributed by atoms with E-state index in [1.54, 1.807) is 51.3 Å². The zero-order chi connectivity index (χ0) is 67.1. The molecule has 21 nitrogen and oxygen atoms in total. The number of benzene rings is 4. The number of aryl methyl sites for hydroxylation is 3. The van der Waals surface area contributed by atoms with Crippen molar-refractivity contribution in [1.29, 1.82) is 0 Å². The first-order valence-electron chi connectivity index (χ1n) is 33.3. The molecule has 6 N–H and O–H groups in total. The number of carbonyl (C=O) groups excluding carboxylic acids is 6. The molecular weight excluding hydrogens is 1190 g/mol. The highest BCUT2D eigenvalue weighted by Gasteiger charge is 2.51. The van der Waals surface area contributed by atoms with Crippen LogP contribution in [0.3, 0.4) is 0 Å². The average Bonchev–Trinajstić information content (AvgIpc) is 1.68. The number of nitrogens with zero attached hydrogens (tertiary/aromatic N) is 3. The third-order valence-electron chi connectivity index (χ3n) is 18.7.